The minimum atomic E-state index is -3.37. The number of aryl methyl sites for hydroxylation is 1. The van der Waals surface area contributed by atoms with Crippen molar-refractivity contribution >= 4 is 22.4 Å². The molecule has 1 fully saturated rings. The molecule has 0 radical (unpaired) electrons. The largest absolute Gasteiger partial charge is 0.326 e. The first-order chi connectivity index (χ1) is 9.39. The molecule has 2 rings (SSSR count). The van der Waals surface area contributed by atoms with Gasteiger partial charge in [0.2, 0.25) is 10.0 Å². The summed E-state index contributed by atoms with van der Waals surface area (Å²) in [5.41, 5.74) is 6.98. The number of nitrogens with two attached hydrogens (primary N) is 1. The minimum Gasteiger partial charge on any atom is -0.326 e. The Kier molecular flexibility index (Phi) is 6.66. The summed E-state index contributed by atoms with van der Waals surface area (Å²) in [4.78, 5) is 0.375. The van der Waals surface area contributed by atoms with Gasteiger partial charge in [0.1, 0.15) is 0 Å². The molecule has 1 aromatic rings. The standard InChI is InChI=1S/C15H24N2O2S.ClH/c1-12(2)3-4-13-5-7-15(8-6-13)20(18,19)17-10-9-14(16)11-17;/h5-8,12,14H,3-4,9-11,16H2,1-2H3;1H/t14-;/m1./s1. The molecule has 0 aromatic heterocycles. The second kappa shape index (κ2) is 7.58. The van der Waals surface area contributed by atoms with E-state index in [9.17, 15) is 8.42 Å². The van der Waals surface area contributed by atoms with Crippen molar-refractivity contribution in [3.05, 3.63) is 29.8 Å². The van der Waals surface area contributed by atoms with Gasteiger partial charge >= 0.3 is 0 Å². The van der Waals surface area contributed by atoms with E-state index in [4.69, 9.17) is 5.73 Å². The van der Waals surface area contributed by atoms with E-state index < -0.39 is 10.0 Å². The van der Waals surface area contributed by atoms with Crippen molar-refractivity contribution in [1.82, 2.24) is 4.31 Å². The second-order valence-electron chi connectivity index (χ2n) is 5.99. The molecule has 0 aliphatic carbocycles. The summed E-state index contributed by atoms with van der Waals surface area (Å²) in [6.45, 7) is 5.33. The molecule has 1 aromatic carbocycles. The molecule has 0 saturated carbocycles. The topological polar surface area (TPSA) is 63.4 Å². The third-order valence-corrected chi connectivity index (χ3v) is 5.64. The van der Waals surface area contributed by atoms with E-state index in [2.05, 4.69) is 13.8 Å². The molecular formula is C15H25ClN2O2S. The molecule has 1 aliphatic rings. The van der Waals surface area contributed by atoms with Crippen molar-refractivity contribution in [1.29, 1.82) is 0 Å². The van der Waals surface area contributed by atoms with Gasteiger partial charge < -0.3 is 5.73 Å². The van der Waals surface area contributed by atoms with Crippen LogP contribution in [0.5, 0.6) is 0 Å². The average molecular weight is 333 g/mol. The van der Waals surface area contributed by atoms with Crippen LogP contribution in [0.2, 0.25) is 0 Å². The maximum atomic E-state index is 12.4. The summed E-state index contributed by atoms with van der Waals surface area (Å²) in [6, 6.07) is 7.25. The van der Waals surface area contributed by atoms with Crippen LogP contribution in [0.4, 0.5) is 0 Å². The predicted octanol–water partition coefficient (Wildman–Crippen LogP) is 2.42. The quantitative estimate of drug-likeness (QED) is 0.900. The molecule has 0 amide bonds. The molecular weight excluding hydrogens is 308 g/mol. The Bertz CT molecular complexity index is 543. The SMILES string of the molecule is CC(C)CCc1ccc(S(=O)(=O)N2CC[C@@H](N)C2)cc1.Cl. The van der Waals surface area contributed by atoms with Gasteiger partial charge in [-0.15, -0.1) is 12.4 Å². The van der Waals surface area contributed by atoms with Gasteiger partial charge in [0.25, 0.3) is 0 Å². The van der Waals surface area contributed by atoms with Gasteiger partial charge in [-0.05, 0) is 42.9 Å². The van der Waals surface area contributed by atoms with Crippen LogP contribution < -0.4 is 5.73 Å². The number of nitrogens with zero attached hydrogens (tertiary/aromatic N) is 1. The van der Waals surface area contributed by atoms with Gasteiger partial charge in [-0.2, -0.15) is 4.31 Å². The Morgan fingerprint density at radius 2 is 1.90 bits per heavy atom. The molecule has 0 bridgehead atoms. The fourth-order valence-corrected chi connectivity index (χ4v) is 3.92. The van der Waals surface area contributed by atoms with Gasteiger partial charge in [0, 0.05) is 19.1 Å². The van der Waals surface area contributed by atoms with E-state index in [-0.39, 0.29) is 18.4 Å². The fourth-order valence-electron chi connectivity index (χ4n) is 2.40. The van der Waals surface area contributed by atoms with Crippen LogP contribution in [0.3, 0.4) is 0 Å². The summed E-state index contributed by atoms with van der Waals surface area (Å²) in [5, 5.41) is 0. The maximum Gasteiger partial charge on any atom is 0.243 e. The van der Waals surface area contributed by atoms with Crippen LogP contribution in [0.1, 0.15) is 32.3 Å². The predicted molar refractivity (Wildman–Crippen MR) is 88.2 cm³/mol. The van der Waals surface area contributed by atoms with E-state index in [1.54, 1.807) is 12.1 Å². The Labute approximate surface area is 134 Å². The van der Waals surface area contributed by atoms with Crippen molar-refractivity contribution in [2.24, 2.45) is 11.7 Å². The van der Waals surface area contributed by atoms with E-state index in [0.717, 1.165) is 19.3 Å². The average Bonchev–Trinajstić information content (AvgIpc) is 2.84. The van der Waals surface area contributed by atoms with E-state index in [1.807, 2.05) is 12.1 Å². The van der Waals surface area contributed by atoms with Crippen LogP contribution in [-0.2, 0) is 16.4 Å². The first-order valence-corrected chi connectivity index (χ1v) is 8.68. The summed E-state index contributed by atoms with van der Waals surface area (Å²) in [6.07, 6.45) is 2.85. The molecule has 1 aliphatic heterocycles. The van der Waals surface area contributed by atoms with E-state index in [1.165, 1.54) is 9.87 Å². The van der Waals surface area contributed by atoms with Crippen molar-refractivity contribution in [3.63, 3.8) is 0 Å². The highest BCUT2D eigenvalue weighted by molar-refractivity contribution is 7.89. The third kappa shape index (κ3) is 4.68. The Morgan fingerprint density at radius 3 is 2.38 bits per heavy atom. The Hall–Kier alpha value is -0.620. The van der Waals surface area contributed by atoms with Gasteiger partial charge in [0.05, 0.1) is 4.90 Å². The highest BCUT2D eigenvalue weighted by Gasteiger charge is 2.30. The molecule has 1 saturated heterocycles. The third-order valence-electron chi connectivity index (χ3n) is 3.76. The fraction of sp³-hybridized carbons (Fsp3) is 0.600. The lowest BCUT2D eigenvalue weighted by atomic mass is 10.0. The summed E-state index contributed by atoms with van der Waals surface area (Å²) in [7, 11) is -3.37. The van der Waals surface area contributed by atoms with Crippen molar-refractivity contribution < 1.29 is 8.42 Å². The first-order valence-electron chi connectivity index (χ1n) is 7.24. The normalized spacial score (nSPS) is 19.7. The van der Waals surface area contributed by atoms with Crippen molar-refractivity contribution in [3.8, 4) is 0 Å². The number of benzene rings is 1. The molecule has 0 spiro atoms. The molecule has 6 heteroatoms. The lowest BCUT2D eigenvalue weighted by molar-refractivity contribution is 0.472. The van der Waals surface area contributed by atoms with Gasteiger partial charge in [0.15, 0.2) is 0 Å². The number of hydrogen-bond acceptors (Lipinski definition) is 3. The summed E-state index contributed by atoms with van der Waals surface area (Å²) >= 11 is 0. The lowest BCUT2D eigenvalue weighted by Gasteiger charge is -2.16. The summed E-state index contributed by atoms with van der Waals surface area (Å²) in [5.74, 6) is 0.657. The molecule has 0 unspecified atom stereocenters. The van der Waals surface area contributed by atoms with Crippen molar-refractivity contribution in [2.75, 3.05) is 13.1 Å². The highest BCUT2D eigenvalue weighted by Crippen LogP contribution is 2.21. The number of sulfonamides is 1. The van der Waals surface area contributed by atoms with Crippen LogP contribution in [-0.4, -0.2) is 31.9 Å². The van der Waals surface area contributed by atoms with Gasteiger partial charge in [-0.25, -0.2) is 8.42 Å². The molecule has 2 N–H and O–H groups in total. The van der Waals surface area contributed by atoms with Crippen molar-refractivity contribution in [2.45, 2.75) is 44.0 Å². The van der Waals surface area contributed by atoms with Gasteiger partial charge in [-0.1, -0.05) is 26.0 Å². The van der Waals surface area contributed by atoms with E-state index in [0.29, 0.717) is 23.9 Å². The van der Waals surface area contributed by atoms with E-state index >= 15 is 0 Å². The Balaban J connectivity index is 0.00000220. The smallest absolute Gasteiger partial charge is 0.243 e. The monoisotopic (exact) mass is 332 g/mol. The number of hydrogen-bond donors (Lipinski definition) is 1. The second-order valence-corrected chi connectivity index (χ2v) is 7.93. The Morgan fingerprint density at radius 1 is 1.29 bits per heavy atom. The molecule has 4 nitrogen and oxygen atoms in total. The molecule has 1 heterocycles. The highest BCUT2D eigenvalue weighted by atomic mass is 35.5. The lowest BCUT2D eigenvalue weighted by Crippen LogP contribution is -2.31. The summed E-state index contributed by atoms with van der Waals surface area (Å²) < 4.78 is 26.3. The van der Waals surface area contributed by atoms with Gasteiger partial charge in [-0.3, -0.25) is 0 Å². The number of rotatable bonds is 5. The zero-order valence-electron chi connectivity index (χ0n) is 12.7. The first kappa shape index (κ1) is 18.4. The molecule has 21 heavy (non-hydrogen) atoms. The zero-order valence-corrected chi connectivity index (χ0v) is 14.3. The van der Waals surface area contributed by atoms with Crippen LogP contribution >= 0.6 is 12.4 Å². The maximum absolute atomic E-state index is 12.4. The number of halogens is 1. The van der Waals surface area contributed by atoms with Crippen LogP contribution in [0, 0.1) is 5.92 Å². The zero-order chi connectivity index (χ0) is 14.8. The minimum absolute atomic E-state index is 0. The molecule has 120 valence electrons. The van der Waals surface area contributed by atoms with Crippen LogP contribution in [0.15, 0.2) is 29.2 Å². The van der Waals surface area contributed by atoms with Crippen LogP contribution in [0.25, 0.3) is 0 Å². The molecule has 1 atom stereocenters.